The van der Waals surface area contributed by atoms with Gasteiger partial charge in [-0.3, -0.25) is 10.1 Å². The minimum atomic E-state index is -1.14. The van der Waals surface area contributed by atoms with Crippen LogP contribution in [-0.4, -0.2) is 22.6 Å². The molecule has 6 heteroatoms. The fourth-order valence-corrected chi connectivity index (χ4v) is 1.66. The van der Waals surface area contributed by atoms with E-state index in [0.717, 1.165) is 31.7 Å². The Morgan fingerprint density at radius 3 is 2.75 bits per heavy atom. The minimum absolute atomic E-state index is 0.00128. The zero-order valence-electron chi connectivity index (χ0n) is 11.1. The molecule has 1 aromatic carbocycles. The van der Waals surface area contributed by atoms with Crippen molar-refractivity contribution in [2.45, 2.75) is 25.7 Å². The van der Waals surface area contributed by atoms with Crippen molar-refractivity contribution in [3.8, 4) is 5.75 Å². The highest BCUT2D eigenvalue weighted by Gasteiger charge is 2.17. The van der Waals surface area contributed by atoms with E-state index in [2.05, 4.69) is 6.58 Å². The van der Waals surface area contributed by atoms with Gasteiger partial charge in [0.05, 0.1) is 17.1 Å². The predicted octanol–water partition coefficient (Wildman–Crippen LogP) is 3.42. The van der Waals surface area contributed by atoms with E-state index < -0.39 is 10.9 Å². The van der Waals surface area contributed by atoms with Gasteiger partial charge in [0.1, 0.15) is 0 Å². The largest absolute Gasteiger partial charge is 0.487 e. The maximum Gasteiger partial charge on any atom is 0.335 e. The first-order chi connectivity index (χ1) is 9.56. The van der Waals surface area contributed by atoms with Gasteiger partial charge in [-0.2, -0.15) is 0 Å². The number of carboxylic acid groups (broad SMARTS) is 1. The van der Waals surface area contributed by atoms with Crippen molar-refractivity contribution in [2.24, 2.45) is 0 Å². The second kappa shape index (κ2) is 7.93. The van der Waals surface area contributed by atoms with Gasteiger partial charge >= 0.3 is 11.7 Å². The number of rotatable bonds is 9. The van der Waals surface area contributed by atoms with Crippen LogP contribution in [0.15, 0.2) is 30.9 Å². The van der Waals surface area contributed by atoms with Crippen LogP contribution in [0.25, 0.3) is 0 Å². The maximum absolute atomic E-state index is 10.8. The third-order valence-corrected chi connectivity index (χ3v) is 2.71. The minimum Gasteiger partial charge on any atom is -0.487 e. The first-order valence-electron chi connectivity index (χ1n) is 6.31. The lowest BCUT2D eigenvalue weighted by atomic mass is 10.2. The summed E-state index contributed by atoms with van der Waals surface area (Å²) in [6.45, 7) is 3.94. The van der Waals surface area contributed by atoms with Crippen LogP contribution in [0.5, 0.6) is 5.75 Å². The number of carboxylic acids is 1. The number of nitro benzene ring substituents is 1. The van der Waals surface area contributed by atoms with Crippen LogP contribution in [0.1, 0.15) is 36.0 Å². The number of ether oxygens (including phenoxy) is 1. The summed E-state index contributed by atoms with van der Waals surface area (Å²) < 4.78 is 5.34. The van der Waals surface area contributed by atoms with Gasteiger partial charge in [-0.25, -0.2) is 4.79 Å². The van der Waals surface area contributed by atoms with Crippen LogP contribution in [0.2, 0.25) is 0 Å². The van der Waals surface area contributed by atoms with Crippen LogP contribution < -0.4 is 4.74 Å². The zero-order chi connectivity index (χ0) is 15.0. The Bertz CT molecular complexity index is 498. The van der Waals surface area contributed by atoms with E-state index in [1.165, 1.54) is 12.1 Å². The summed E-state index contributed by atoms with van der Waals surface area (Å²) in [7, 11) is 0. The number of hydrogen-bond donors (Lipinski definition) is 1. The van der Waals surface area contributed by atoms with Crippen molar-refractivity contribution in [1.29, 1.82) is 0 Å². The Hall–Kier alpha value is -2.37. The van der Waals surface area contributed by atoms with E-state index in [1.807, 2.05) is 6.08 Å². The van der Waals surface area contributed by atoms with Crippen LogP contribution in [0, 0.1) is 10.1 Å². The fourth-order valence-electron chi connectivity index (χ4n) is 1.66. The fraction of sp³-hybridized carbons (Fsp3) is 0.357. The summed E-state index contributed by atoms with van der Waals surface area (Å²) in [4.78, 5) is 21.1. The average Bonchev–Trinajstić information content (AvgIpc) is 2.42. The van der Waals surface area contributed by atoms with Crippen molar-refractivity contribution in [1.82, 2.24) is 0 Å². The van der Waals surface area contributed by atoms with Crippen molar-refractivity contribution in [3.05, 3.63) is 46.5 Å². The first-order valence-corrected chi connectivity index (χ1v) is 6.31. The quantitative estimate of drug-likeness (QED) is 0.324. The Balaban J connectivity index is 2.65. The smallest absolute Gasteiger partial charge is 0.335 e. The molecule has 0 aromatic heterocycles. The van der Waals surface area contributed by atoms with Gasteiger partial charge in [0.15, 0.2) is 5.75 Å². The van der Waals surface area contributed by atoms with Gasteiger partial charge in [0.2, 0.25) is 0 Å². The molecule has 0 spiro atoms. The summed E-state index contributed by atoms with van der Waals surface area (Å²) in [5, 5.41) is 19.7. The third-order valence-electron chi connectivity index (χ3n) is 2.71. The molecule has 1 N–H and O–H groups in total. The lowest BCUT2D eigenvalue weighted by Gasteiger charge is -2.07. The van der Waals surface area contributed by atoms with E-state index in [1.54, 1.807) is 0 Å². The molecule has 0 atom stereocenters. The highest BCUT2D eigenvalue weighted by Crippen LogP contribution is 2.28. The standard InChI is InChI=1S/C14H17NO5/c1-2-3-4-5-6-9-20-13-10-11(14(16)17)7-8-12(13)15(18)19/h2,7-8,10H,1,3-6,9H2,(H,16,17). The monoisotopic (exact) mass is 279 g/mol. The predicted molar refractivity (Wildman–Crippen MR) is 74.2 cm³/mol. The molecule has 1 rings (SSSR count). The summed E-state index contributed by atoms with van der Waals surface area (Å²) >= 11 is 0. The zero-order valence-corrected chi connectivity index (χ0v) is 11.1. The second-order valence-electron chi connectivity index (χ2n) is 4.23. The molecule has 0 aliphatic carbocycles. The highest BCUT2D eigenvalue weighted by atomic mass is 16.6. The van der Waals surface area contributed by atoms with E-state index in [0.29, 0.717) is 6.61 Å². The Morgan fingerprint density at radius 2 is 2.15 bits per heavy atom. The van der Waals surface area contributed by atoms with Crippen LogP contribution in [0.3, 0.4) is 0 Å². The molecule has 0 radical (unpaired) electrons. The number of nitro groups is 1. The number of nitrogens with zero attached hydrogens (tertiary/aromatic N) is 1. The molecular formula is C14H17NO5. The number of benzene rings is 1. The lowest BCUT2D eigenvalue weighted by molar-refractivity contribution is -0.385. The number of carbonyl (C=O) groups is 1. The summed E-state index contributed by atoms with van der Waals surface area (Å²) in [5.74, 6) is -1.14. The molecule has 0 bridgehead atoms. The number of allylic oxidation sites excluding steroid dienone is 1. The molecule has 0 aliphatic heterocycles. The van der Waals surface area contributed by atoms with E-state index in [-0.39, 0.29) is 17.0 Å². The van der Waals surface area contributed by atoms with Crippen molar-refractivity contribution < 1.29 is 19.6 Å². The van der Waals surface area contributed by atoms with Gasteiger partial charge in [-0.05, 0) is 31.7 Å². The summed E-state index contributed by atoms with van der Waals surface area (Å²) in [6.07, 6.45) is 5.43. The normalized spacial score (nSPS) is 10.0. The Kier molecular flexibility index (Phi) is 6.22. The highest BCUT2D eigenvalue weighted by molar-refractivity contribution is 5.88. The van der Waals surface area contributed by atoms with E-state index in [9.17, 15) is 14.9 Å². The summed E-state index contributed by atoms with van der Waals surface area (Å²) in [6, 6.07) is 3.53. The van der Waals surface area contributed by atoms with Crippen LogP contribution in [0.4, 0.5) is 5.69 Å². The molecule has 1 aromatic rings. The average molecular weight is 279 g/mol. The van der Waals surface area contributed by atoms with Gasteiger partial charge in [-0.15, -0.1) is 6.58 Å². The van der Waals surface area contributed by atoms with Gasteiger partial charge < -0.3 is 9.84 Å². The van der Waals surface area contributed by atoms with Crippen LogP contribution >= 0.6 is 0 Å². The molecule has 0 amide bonds. The van der Waals surface area contributed by atoms with Gasteiger partial charge in [0, 0.05) is 12.1 Å². The lowest BCUT2D eigenvalue weighted by Crippen LogP contribution is -2.03. The van der Waals surface area contributed by atoms with E-state index in [4.69, 9.17) is 9.84 Å². The maximum atomic E-state index is 10.8. The van der Waals surface area contributed by atoms with E-state index >= 15 is 0 Å². The topological polar surface area (TPSA) is 89.7 Å². The van der Waals surface area contributed by atoms with Gasteiger partial charge in [0.25, 0.3) is 0 Å². The van der Waals surface area contributed by atoms with Crippen molar-refractivity contribution in [2.75, 3.05) is 6.61 Å². The molecule has 0 fully saturated rings. The molecule has 6 nitrogen and oxygen atoms in total. The van der Waals surface area contributed by atoms with Crippen molar-refractivity contribution >= 4 is 11.7 Å². The summed E-state index contributed by atoms with van der Waals surface area (Å²) in [5.41, 5.74) is -0.252. The second-order valence-corrected chi connectivity index (χ2v) is 4.23. The molecule has 0 heterocycles. The molecular weight excluding hydrogens is 262 g/mol. The number of hydrogen-bond acceptors (Lipinski definition) is 4. The Labute approximate surface area is 116 Å². The van der Waals surface area contributed by atoms with Gasteiger partial charge in [-0.1, -0.05) is 6.08 Å². The SMILES string of the molecule is C=CCCCCCOc1cc(C(=O)O)ccc1[N+](=O)[O-]. The third kappa shape index (κ3) is 4.72. The molecule has 108 valence electrons. The molecule has 0 saturated carbocycles. The first kappa shape index (κ1) is 15.7. The van der Waals surface area contributed by atoms with Crippen molar-refractivity contribution in [3.63, 3.8) is 0 Å². The van der Waals surface area contributed by atoms with Crippen LogP contribution in [-0.2, 0) is 0 Å². The molecule has 0 aliphatic rings. The molecule has 0 unspecified atom stereocenters. The Morgan fingerprint density at radius 1 is 1.40 bits per heavy atom. The molecule has 0 saturated heterocycles. The number of aromatic carboxylic acids is 1. The molecule has 20 heavy (non-hydrogen) atoms. The number of unbranched alkanes of at least 4 members (excludes halogenated alkanes) is 3.